The quantitative estimate of drug-likeness (QED) is 0.809. The van der Waals surface area contributed by atoms with E-state index in [0.29, 0.717) is 5.92 Å². The topological polar surface area (TPSA) is 24.9 Å². The van der Waals surface area contributed by atoms with Gasteiger partial charge in [-0.3, -0.25) is 0 Å². The Morgan fingerprint density at radius 1 is 1.29 bits per heavy atom. The molecule has 2 nitrogen and oxygen atoms in total. The molecule has 0 aliphatic heterocycles. The van der Waals surface area contributed by atoms with Crippen LogP contribution < -0.4 is 5.32 Å². The van der Waals surface area contributed by atoms with Gasteiger partial charge in [0.15, 0.2) is 0 Å². The fourth-order valence-corrected chi connectivity index (χ4v) is 2.02. The normalized spacial score (nSPS) is 12.1. The Balaban J connectivity index is 2.45. The maximum atomic E-state index is 4.47. The van der Waals surface area contributed by atoms with Crippen LogP contribution >= 0.6 is 11.8 Å². The molecular formula is C14H24N2S. The van der Waals surface area contributed by atoms with Crippen molar-refractivity contribution in [2.45, 2.75) is 51.7 Å². The van der Waals surface area contributed by atoms with Crippen molar-refractivity contribution >= 4 is 11.8 Å². The van der Waals surface area contributed by atoms with E-state index in [1.54, 1.807) is 0 Å². The predicted octanol–water partition coefficient (Wildman–Crippen LogP) is 3.72. The van der Waals surface area contributed by atoms with Crippen molar-refractivity contribution in [1.82, 2.24) is 10.3 Å². The van der Waals surface area contributed by atoms with Gasteiger partial charge in [-0.1, -0.05) is 19.9 Å². The van der Waals surface area contributed by atoms with Crippen LogP contribution in [0.4, 0.5) is 0 Å². The summed E-state index contributed by atoms with van der Waals surface area (Å²) in [5.74, 6) is 1.84. The van der Waals surface area contributed by atoms with E-state index in [-0.39, 0.29) is 5.54 Å². The Hall–Kier alpha value is -0.540. The molecule has 0 aliphatic carbocycles. The van der Waals surface area contributed by atoms with Gasteiger partial charge in [-0.15, -0.1) is 11.8 Å². The summed E-state index contributed by atoms with van der Waals surface area (Å²) >= 11 is 1.83. The standard InChI is InChI=1S/C14H24N2S/c1-11(2)10-17-13-7-6-12(8-15-13)9-16-14(3,4)5/h6-8,11,16H,9-10H2,1-5H3. The number of nitrogens with one attached hydrogen (secondary N) is 1. The highest BCUT2D eigenvalue weighted by Crippen LogP contribution is 2.18. The van der Waals surface area contributed by atoms with E-state index in [9.17, 15) is 0 Å². The van der Waals surface area contributed by atoms with Gasteiger partial charge in [-0.2, -0.15) is 0 Å². The molecule has 3 heteroatoms. The first-order valence-corrected chi connectivity index (χ1v) is 7.18. The highest BCUT2D eigenvalue weighted by molar-refractivity contribution is 7.99. The molecule has 1 N–H and O–H groups in total. The largest absolute Gasteiger partial charge is 0.308 e. The summed E-state index contributed by atoms with van der Waals surface area (Å²) in [6.07, 6.45) is 1.97. The SMILES string of the molecule is CC(C)CSc1ccc(CNC(C)(C)C)cn1. The van der Waals surface area contributed by atoms with Gasteiger partial charge in [0.1, 0.15) is 0 Å². The van der Waals surface area contributed by atoms with Crippen LogP contribution in [0.2, 0.25) is 0 Å². The Labute approximate surface area is 110 Å². The van der Waals surface area contributed by atoms with E-state index in [0.717, 1.165) is 17.3 Å². The molecule has 1 aromatic rings. The van der Waals surface area contributed by atoms with Crippen LogP contribution in [0.3, 0.4) is 0 Å². The summed E-state index contributed by atoms with van der Waals surface area (Å²) in [5.41, 5.74) is 1.40. The Morgan fingerprint density at radius 2 is 2.00 bits per heavy atom. The van der Waals surface area contributed by atoms with E-state index in [1.807, 2.05) is 18.0 Å². The predicted molar refractivity (Wildman–Crippen MR) is 76.4 cm³/mol. The van der Waals surface area contributed by atoms with Gasteiger partial charge in [0.2, 0.25) is 0 Å². The molecule has 0 unspecified atom stereocenters. The Morgan fingerprint density at radius 3 is 2.47 bits per heavy atom. The number of rotatable bonds is 5. The Kier molecular flexibility index (Phi) is 5.47. The number of aromatic nitrogens is 1. The number of hydrogen-bond acceptors (Lipinski definition) is 3. The third-order valence-electron chi connectivity index (χ3n) is 2.18. The fraction of sp³-hybridized carbons (Fsp3) is 0.643. The van der Waals surface area contributed by atoms with Crippen molar-refractivity contribution in [3.8, 4) is 0 Å². The molecule has 0 radical (unpaired) electrons. The fourth-order valence-electron chi connectivity index (χ4n) is 1.22. The van der Waals surface area contributed by atoms with Crippen LogP contribution in [0.5, 0.6) is 0 Å². The average Bonchev–Trinajstić information content (AvgIpc) is 2.24. The summed E-state index contributed by atoms with van der Waals surface area (Å²) < 4.78 is 0. The maximum Gasteiger partial charge on any atom is 0.0960 e. The summed E-state index contributed by atoms with van der Waals surface area (Å²) in [6, 6.07) is 4.28. The molecule has 1 rings (SSSR count). The van der Waals surface area contributed by atoms with Crippen molar-refractivity contribution in [3.05, 3.63) is 23.9 Å². The average molecular weight is 252 g/mol. The molecule has 1 heterocycles. The van der Waals surface area contributed by atoms with Crippen molar-refractivity contribution in [2.24, 2.45) is 5.92 Å². The van der Waals surface area contributed by atoms with Crippen molar-refractivity contribution in [3.63, 3.8) is 0 Å². The molecule has 0 aliphatic rings. The number of pyridine rings is 1. The van der Waals surface area contributed by atoms with Gasteiger partial charge in [-0.25, -0.2) is 4.98 Å². The van der Waals surface area contributed by atoms with E-state index in [2.05, 4.69) is 57.1 Å². The summed E-state index contributed by atoms with van der Waals surface area (Å²) in [4.78, 5) is 4.47. The highest BCUT2D eigenvalue weighted by Gasteiger charge is 2.08. The third kappa shape index (κ3) is 6.69. The van der Waals surface area contributed by atoms with E-state index >= 15 is 0 Å². The monoisotopic (exact) mass is 252 g/mol. The van der Waals surface area contributed by atoms with Crippen molar-refractivity contribution in [1.29, 1.82) is 0 Å². The first-order valence-electron chi connectivity index (χ1n) is 6.19. The van der Waals surface area contributed by atoms with Crippen LogP contribution in [-0.4, -0.2) is 16.3 Å². The highest BCUT2D eigenvalue weighted by atomic mass is 32.2. The molecule has 0 saturated carbocycles. The third-order valence-corrected chi connectivity index (χ3v) is 3.56. The second kappa shape index (κ2) is 6.41. The van der Waals surface area contributed by atoms with Crippen LogP contribution in [-0.2, 0) is 6.54 Å². The Bertz CT molecular complexity index is 325. The van der Waals surface area contributed by atoms with Gasteiger partial charge >= 0.3 is 0 Å². The molecular weight excluding hydrogens is 228 g/mol. The molecule has 0 aromatic carbocycles. The molecule has 0 atom stereocenters. The van der Waals surface area contributed by atoms with Crippen molar-refractivity contribution < 1.29 is 0 Å². The van der Waals surface area contributed by atoms with E-state index in [1.165, 1.54) is 5.56 Å². The zero-order chi connectivity index (χ0) is 12.9. The molecule has 0 spiro atoms. The minimum absolute atomic E-state index is 0.158. The molecule has 96 valence electrons. The molecule has 0 fully saturated rings. The second-order valence-electron chi connectivity index (χ2n) is 5.81. The van der Waals surface area contributed by atoms with E-state index < -0.39 is 0 Å². The second-order valence-corrected chi connectivity index (χ2v) is 6.85. The molecule has 1 aromatic heterocycles. The first-order chi connectivity index (χ1) is 7.87. The minimum Gasteiger partial charge on any atom is -0.308 e. The van der Waals surface area contributed by atoms with Gasteiger partial charge in [0.05, 0.1) is 5.03 Å². The van der Waals surface area contributed by atoms with Crippen LogP contribution in [0.1, 0.15) is 40.2 Å². The smallest absolute Gasteiger partial charge is 0.0960 e. The van der Waals surface area contributed by atoms with Crippen LogP contribution in [0, 0.1) is 5.92 Å². The zero-order valence-corrected chi connectivity index (χ0v) is 12.4. The van der Waals surface area contributed by atoms with Crippen LogP contribution in [0.25, 0.3) is 0 Å². The summed E-state index contributed by atoms with van der Waals surface area (Å²) in [6.45, 7) is 11.9. The van der Waals surface area contributed by atoms with Gasteiger partial charge in [0.25, 0.3) is 0 Å². The zero-order valence-electron chi connectivity index (χ0n) is 11.6. The van der Waals surface area contributed by atoms with Gasteiger partial charge in [0, 0.05) is 24.0 Å². The summed E-state index contributed by atoms with van der Waals surface area (Å²) in [7, 11) is 0. The van der Waals surface area contributed by atoms with Crippen LogP contribution in [0.15, 0.2) is 23.4 Å². The molecule has 0 saturated heterocycles. The minimum atomic E-state index is 0.158. The molecule has 0 amide bonds. The summed E-state index contributed by atoms with van der Waals surface area (Å²) in [5, 5.41) is 4.58. The number of thioether (sulfide) groups is 1. The van der Waals surface area contributed by atoms with Crippen molar-refractivity contribution in [2.75, 3.05) is 5.75 Å². The lowest BCUT2D eigenvalue weighted by molar-refractivity contribution is 0.424. The number of hydrogen-bond donors (Lipinski definition) is 1. The molecule has 17 heavy (non-hydrogen) atoms. The lowest BCUT2D eigenvalue weighted by Crippen LogP contribution is -2.35. The number of nitrogens with zero attached hydrogens (tertiary/aromatic N) is 1. The molecule has 0 bridgehead atoms. The van der Waals surface area contributed by atoms with Gasteiger partial charge < -0.3 is 5.32 Å². The maximum absolute atomic E-state index is 4.47. The lowest BCUT2D eigenvalue weighted by Gasteiger charge is -2.20. The van der Waals surface area contributed by atoms with E-state index in [4.69, 9.17) is 0 Å². The lowest BCUT2D eigenvalue weighted by atomic mass is 10.1. The van der Waals surface area contributed by atoms with Gasteiger partial charge in [-0.05, 0) is 38.3 Å². The first kappa shape index (κ1) is 14.5.